The molecule has 0 saturated heterocycles. The molecule has 0 aliphatic heterocycles. The van der Waals surface area contributed by atoms with Gasteiger partial charge in [-0.15, -0.1) is 53.6 Å². The Bertz CT molecular complexity index is 2290. The van der Waals surface area contributed by atoms with Crippen molar-refractivity contribution in [2.24, 2.45) is 23.2 Å². The van der Waals surface area contributed by atoms with Gasteiger partial charge in [-0.25, -0.2) is 4.98 Å². The van der Waals surface area contributed by atoms with Crippen LogP contribution in [0.2, 0.25) is 19.6 Å². The van der Waals surface area contributed by atoms with Crippen LogP contribution in [0.5, 0.6) is 0 Å². The van der Waals surface area contributed by atoms with Crippen molar-refractivity contribution >= 4 is 35.3 Å². The van der Waals surface area contributed by atoms with Crippen molar-refractivity contribution in [1.29, 1.82) is 0 Å². The van der Waals surface area contributed by atoms with Gasteiger partial charge in [0.2, 0.25) is 5.71 Å². The van der Waals surface area contributed by atoms with Gasteiger partial charge in [0.25, 0.3) is 0 Å². The Kier molecular flexibility index (Phi) is 12.7. The Morgan fingerprint density at radius 1 is 0.825 bits per heavy atom. The average Bonchev–Trinajstić information content (AvgIpc) is 3.56. The number of pyridine rings is 3. The zero-order chi connectivity index (χ0) is 39.0. The van der Waals surface area contributed by atoms with E-state index < -0.39 is 8.07 Å². The first-order valence-corrected chi connectivity index (χ1v) is 25.1. The van der Waals surface area contributed by atoms with Crippen molar-refractivity contribution in [1.82, 2.24) is 15.0 Å². The number of nitrogens with zero attached hydrogens (tertiary/aromatic N) is 3. The molecule has 1 atom stereocenters. The summed E-state index contributed by atoms with van der Waals surface area (Å²) in [6.45, 7) is 16.2. The van der Waals surface area contributed by atoms with Crippen LogP contribution in [0.1, 0.15) is 113 Å². The molecule has 1 unspecified atom stereocenters. The van der Waals surface area contributed by atoms with Crippen LogP contribution >= 0.6 is 0 Å². The van der Waals surface area contributed by atoms with Crippen molar-refractivity contribution in [3.05, 3.63) is 108 Å². The molecule has 0 spiro atoms. The van der Waals surface area contributed by atoms with E-state index in [4.69, 9.17) is 9.40 Å². The monoisotopic (exact) mass is 952 g/mol. The van der Waals surface area contributed by atoms with Crippen LogP contribution in [0.3, 0.4) is 0 Å². The predicted molar refractivity (Wildman–Crippen MR) is 236 cm³/mol. The van der Waals surface area contributed by atoms with E-state index in [1.165, 1.54) is 92.5 Å². The van der Waals surface area contributed by atoms with Gasteiger partial charge in [0.15, 0.2) is 0 Å². The summed E-state index contributed by atoms with van der Waals surface area (Å²) in [6, 6.07) is 28.6. The van der Waals surface area contributed by atoms with Crippen molar-refractivity contribution in [2.75, 3.05) is 0 Å². The van der Waals surface area contributed by atoms with Crippen LogP contribution in [0.25, 0.3) is 44.6 Å². The maximum atomic E-state index is 6.17. The quantitative estimate of drug-likeness (QED) is 0.118. The van der Waals surface area contributed by atoms with Crippen LogP contribution in [-0.4, -0.2) is 23.0 Å². The third-order valence-corrected chi connectivity index (χ3v) is 15.0. The normalized spacial score (nSPS) is 19.9. The molecule has 4 aromatic heterocycles. The Hall–Kier alpha value is -3.44. The van der Waals surface area contributed by atoms with Gasteiger partial charge in [0, 0.05) is 43.6 Å². The zero-order valence-electron chi connectivity index (χ0n) is 35.3. The van der Waals surface area contributed by atoms with Crippen LogP contribution in [0, 0.1) is 42.2 Å². The molecule has 10 rings (SSSR count). The largest absolute Gasteiger partial charge is 0.486 e. The molecular weight excluding hydrogens is 891 g/mol. The summed E-state index contributed by atoms with van der Waals surface area (Å²) in [7, 11) is -1.41. The fourth-order valence-electron chi connectivity index (χ4n) is 10.0. The number of benzene rings is 2. The zero-order valence-corrected chi connectivity index (χ0v) is 38.7. The smallest absolute Gasteiger partial charge is 0.216 e. The van der Waals surface area contributed by atoms with Crippen LogP contribution in [0.15, 0.2) is 77.5 Å². The van der Waals surface area contributed by atoms with Crippen LogP contribution in [-0.2, 0) is 32.9 Å². The minimum Gasteiger partial charge on any atom is -0.486 e. The first-order chi connectivity index (χ1) is 26.9. The van der Waals surface area contributed by atoms with Gasteiger partial charge in [-0.1, -0.05) is 125 Å². The minimum absolute atomic E-state index is 0. The Labute approximate surface area is 356 Å². The van der Waals surface area contributed by atoms with Gasteiger partial charge in [0.05, 0.1) is 13.7 Å². The van der Waals surface area contributed by atoms with Gasteiger partial charge in [-0.2, -0.15) is 0 Å². The molecule has 1 radical (unpaired) electrons. The summed E-state index contributed by atoms with van der Waals surface area (Å²) in [5.41, 5.74) is 11.2. The molecule has 6 heteroatoms. The van der Waals surface area contributed by atoms with E-state index in [1.54, 1.807) is 0 Å². The predicted octanol–water partition coefficient (Wildman–Crippen LogP) is 13.2. The first kappa shape index (κ1) is 41.7. The van der Waals surface area contributed by atoms with Gasteiger partial charge >= 0.3 is 0 Å². The number of hydrogen-bond acceptors (Lipinski definition) is 4. The summed E-state index contributed by atoms with van der Waals surface area (Å²) in [5, 5.41) is 3.63. The molecule has 6 aromatic rings. The molecule has 0 amide bonds. The topological polar surface area (TPSA) is 51.8 Å². The molecule has 2 bridgehead atoms. The molecule has 0 N–H and O–H groups in total. The number of furan rings is 1. The minimum atomic E-state index is -1.41. The summed E-state index contributed by atoms with van der Waals surface area (Å²) in [6.07, 6.45) is 20.4. The fraction of sp³-hybridized carbons (Fsp3) is 0.471. The number of hydrogen-bond donors (Lipinski definition) is 0. The second kappa shape index (κ2) is 17.4. The SMILES string of the molecule is CC(C)(C)Cc1cc(-c2[c-]cc(C3CCCCC3)cc2)ncc1[Si](C)(C)C.Cc1ccc2c(n1)oc1c(-c3cc(CC4CC5CCC4CC5)ccn3)[c-]ccc12.[Ir]. The first-order valence-electron chi connectivity index (χ1n) is 21.6. The second-order valence-electron chi connectivity index (χ2n) is 19.6. The summed E-state index contributed by atoms with van der Waals surface area (Å²) >= 11 is 0. The van der Waals surface area contributed by atoms with E-state index in [-0.39, 0.29) is 25.5 Å². The third kappa shape index (κ3) is 9.72. The molecule has 4 saturated carbocycles. The molecule has 57 heavy (non-hydrogen) atoms. The van der Waals surface area contributed by atoms with Crippen molar-refractivity contribution < 1.29 is 24.5 Å². The van der Waals surface area contributed by atoms with Crippen LogP contribution < -0.4 is 5.19 Å². The third-order valence-electron chi connectivity index (χ3n) is 12.9. The van der Waals surface area contributed by atoms with E-state index in [9.17, 15) is 0 Å². The van der Waals surface area contributed by atoms with Gasteiger partial charge in [-0.05, 0) is 97.0 Å². The standard InChI is InChI=1S/C26H25N2O.C25H36NSi.Ir/c1-16-5-10-22-21-3-2-4-23(25(21)29-26(22)28-16)24-15-18(11-12-27-24)14-20-13-17-6-8-19(20)9-7-17;1-25(2,3)17-22-16-23(26-18-24(22)27(4,5)6)21-14-12-20(13-15-21)19-10-8-7-9-11-19;/h2-3,5,10-12,15,17,19-20H,6-9,13-14H2,1H3;12-14,16,18-19H,7-11,17H2,1-6H3;/q2*-1;. The fourth-order valence-corrected chi connectivity index (χ4v) is 11.6. The van der Waals surface area contributed by atoms with E-state index in [0.717, 1.165) is 74.7 Å². The van der Waals surface area contributed by atoms with Crippen LogP contribution in [0.4, 0.5) is 0 Å². The maximum absolute atomic E-state index is 6.17. The summed E-state index contributed by atoms with van der Waals surface area (Å²) in [4.78, 5) is 14.1. The summed E-state index contributed by atoms with van der Waals surface area (Å²) in [5.74, 6) is 3.48. The van der Waals surface area contributed by atoms with Crippen molar-refractivity contribution in [2.45, 2.75) is 130 Å². The average molecular weight is 952 g/mol. The Balaban J connectivity index is 0.000000172. The number of rotatable bonds is 7. The van der Waals surface area contributed by atoms with E-state index in [0.29, 0.717) is 5.71 Å². The number of aromatic nitrogens is 3. The molecular formula is C51H61IrN3OSi-2. The van der Waals surface area contributed by atoms with Crippen molar-refractivity contribution in [3.8, 4) is 22.5 Å². The number of aryl methyl sites for hydroxylation is 1. The molecule has 4 nitrogen and oxygen atoms in total. The molecule has 4 aliphatic carbocycles. The molecule has 301 valence electrons. The molecule has 4 fully saturated rings. The summed E-state index contributed by atoms with van der Waals surface area (Å²) < 4.78 is 6.17. The maximum Gasteiger partial charge on any atom is 0.216 e. The van der Waals surface area contributed by atoms with Crippen molar-refractivity contribution in [3.63, 3.8) is 0 Å². The van der Waals surface area contributed by atoms with E-state index in [1.807, 2.05) is 25.3 Å². The van der Waals surface area contributed by atoms with E-state index in [2.05, 4.69) is 117 Å². The molecule has 4 aliphatic rings. The Morgan fingerprint density at radius 2 is 1.61 bits per heavy atom. The van der Waals surface area contributed by atoms with E-state index >= 15 is 0 Å². The van der Waals surface area contributed by atoms with Gasteiger partial charge < -0.3 is 14.4 Å². The van der Waals surface area contributed by atoms with Gasteiger partial charge in [-0.3, -0.25) is 0 Å². The number of fused-ring (bicyclic) bond motifs is 6. The second-order valence-corrected chi connectivity index (χ2v) is 24.7. The molecule has 2 aromatic carbocycles. The van der Waals surface area contributed by atoms with Gasteiger partial charge in [0.1, 0.15) is 0 Å². The molecule has 4 heterocycles. The Morgan fingerprint density at radius 3 is 2.30 bits per heavy atom.